The lowest BCUT2D eigenvalue weighted by Gasteiger charge is -2.21. The highest BCUT2D eigenvalue weighted by Crippen LogP contribution is 2.48. The van der Waals surface area contributed by atoms with Crippen molar-refractivity contribution < 1.29 is 28.4 Å². The molecule has 0 aliphatic carbocycles. The molecular weight excluding hydrogens is 733 g/mol. The first kappa shape index (κ1) is 47.7. The summed E-state index contributed by atoms with van der Waals surface area (Å²) in [6.07, 6.45) is 29.8. The topological polar surface area (TPSA) is 55.4 Å². The molecule has 0 saturated heterocycles. The number of unbranched alkanes of at least 4 members (excludes halogenated alkanes) is 16. The number of rotatable bonds is 34. The summed E-state index contributed by atoms with van der Waals surface area (Å²) in [5, 5.41) is 6.36. The largest absolute Gasteiger partial charge is 0.493 e. The maximum Gasteiger partial charge on any atom is 0.161 e. The van der Waals surface area contributed by atoms with E-state index in [4.69, 9.17) is 34.8 Å². The average molecular weight is 811 g/mol. The molecule has 0 bridgehead atoms. The van der Waals surface area contributed by atoms with E-state index in [0.717, 1.165) is 137 Å². The van der Waals surface area contributed by atoms with E-state index < -0.39 is 0 Å². The van der Waals surface area contributed by atoms with Gasteiger partial charge in [-0.25, -0.2) is 0 Å². The van der Waals surface area contributed by atoms with Crippen LogP contribution in [0.5, 0.6) is 34.5 Å². The molecule has 6 nitrogen and oxygen atoms in total. The molecule has 326 valence electrons. The van der Waals surface area contributed by atoms with Crippen molar-refractivity contribution in [2.75, 3.05) is 39.6 Å². The second kappa shape index (κ2) is 28.5. The Bertz CT molecular complexity index is 1770. The highest BCUT2D eigenvalue weighted by Gasteiger charge is 2.21. The third-order valence-corrected chi connectivity index (χ3v) is 11.1. The number of fused-ring (bicyclic) bond motifs is 6. The second-order valence-electron chi connectivity index (χ2n) is 16.2. The quantitative estimate of drug-likeness (QED) is 0.0266. The minimum Gasteiger partial charge on any atom is -0.493 e. The molecule has 0 saturated carbocycles. The summed E-state index contributed by atoms with van der Waals surface area (Å²) in [6, 6.07) is 13.1. The van der Waals surface area contributed by atoms with Crippen molar-refractivity contribution in [2.24, 2.45) is 0 Å². The molecule has 0 aliphatic rings. The van der Waals surface area contributed by atoms with Gasteiger partial charge in [0.15, 0.2) is 23.0 Å². The third kappa shape index (κ3) is 15.5. The highest BCUT2D eigenvalue weighted by atomic mass is 16.5. The summed E-state index contributed by atoms with van der Waals surface area (Å²) < 4.78 is 39.8. The number of terminal acetylenes is 1. The molecule has 4 aromatic carbocycles. The lowest BCUT2D eigenvalue weighted by molar-refractivity contribution is 0.259. The van der Waals surface area contributed by atoms with E-state index in [1.165, 1.54) is 64.2 Å². The van der Waals surface area contributed by atoms with E-state index in [1.807, 2.05) is 0 Å². The third-order valence-electron chi connectivity index (χ3n) is 11.1. The van der Waals surface area contributed by atoms with Crippen LogP contribution in [-0.4, -0.2) is 39.6 Å². The first-order valence-electron chi connectivity index (χ1n) is 23.8. The van der Waals surface area contributed by atoms with Crippen molar-refractivity contribution in [2.45, 2.75) is 176 Å². The van der Waals surface area contributed by atoms with Crippen LogP contribution in [0.1, 0.15) is 176 Å². The van der Waals surface area contributed by atoms with Gasteiger partial charge in [-0.2, -0.15) is 0 Å². The van der Waals surface area contributed by atoms with Crippen LogP contribution in [0.25, 0.3) is 32.3 Å². The molecule has 0 fully saturated rings. The summed E-state index contributed by atoms with van der Waals surface area (Å²) in [5.41, 5.74) is 0. The Kier molecular flexibility index (Phi) is 23.0. The molecule has 4 aromatic rings. The Labute approximate surface area is 358 Å². The number of benzene rings is 4. The van der Waals surface area contributed by atoms with Crippen molar-refractivity contribution in [1.29, 1.82) is 0 Å². The fourth-order valence-electron chi connectivity index (χ4n) is 7.64. The van der Waals surface area contributed by atoms with Gasteiger partial charge in [-0.05, 0) is 95.8 Å². The van der Waals surface area contributed by atoms with Gasteiger partial charge in [0.05, 0.1) is 39.6 Å². The van der Waals surface area contributed by atoms with E-state index >= 15 is 0 Å². The van der Waals surface area contributed by atoms with E-state index in [9.17, 15) is 0 Å². The second-order valence-corrected chi connectivity index (χ2v) is 16.2. The Morgan fingerprint density at radius 2 is 0.661 bits per heavy atom. The lowest BCUT2D eigenvalue weighted by atomic mass is 9.92. The predicted molar refractivity (Wildman–Crippen MR) is 251 cm³/mol. The van der Waals surface area contributed by atoms with Gasteiger partial charge in [0.1, 0.15) is 11.5 Å². The maximum atomic E-state index is 6.70. The van der Waals surface area contributed by atoms with Crippen LogP contribution in [0.2, 0.25) is 0 Å². The SMILES string of the molecule is C#CCCCOc1cc(OCCCCCC)cc2c3cc(OCCCCCC)c(OCCCCCC)cc3c3cc(OCCCCCC)c(OCCCCCC)cc3c12. The van der Waals surface area contributed by atoms with Crippen LogP contribution in [0, 0.1) is 12.3 Å². The summed E-state index contributed by atoms with van der Waals surface area (Å²) >= 11 is 0. The smallest absolute Gasteiger partial charge is 0.161 e. The molecule has 0 heterocycles. The van der Waals surface area contributed by atoms with Gasteiger partial charge in [0.25, 0.3) is 0 Å². The normalized spacial score (nSPS) is 11.3. The van der Waals surface area contributed by atoms with Crippen molar-refractivity contribution in [3.05, 3.63) is 36.4 Å². The van der Waals surface area contributed by atoms with Crippen molar-refractivity contribution >= 4 is 32.3 Å². The summed E-state index contributed by atoms with van der Waals surface area (Å²) in [7, 11) is 0. The number of ether oxygens (including phenoxy) is 6. The van der Waals surface area contributed by atoms with Gasteiger partial charge in [0, 0.05) is 17.9 Å². The fourth-order valence-corrected chi connectivity index (χ4v) is 7.64. The maximum absolute atomic E-state index is 6.70. The van der Waals surface area contributed by atoms with Gasteiger partial charge in [-0.15, -0.1) is 12.3 Å². The van der Waals surface area contributed by atoms with Crippen molar-refractivity contribution in [3.63, 3.8) is 0 Å². The summed E-state index contributed by atoms with van der Waals surface area (Å²) in [5.74, 6) is 7.50. The average Bonchev–Trinajstić information content (AvgIpc) is 3.25. The lowest BCUT2D eigenvalue weighted by Crippen LogP contribution is -2.05. The van der Waals surface area contributed by atoms with Crippen LogP contribution in [0.3, 0.4) is 0 Å². The molecule has 0 aliphatic heterocycles. The Morgan fingerprint density at radius 1 is 0.339 bits per heavy atom. The zero-order valence-electron chi connectivity index (χ0n) is 37.8. The zero-order chi connectivity index (χ0) is 41.9. The van der Waals surface area contributed by atoms with E-state index in [2.05, 4.69) is 76.9 Å². The van der Waals surface area contributed by atoms with Crippen LogP contribution >= 0.6 is 0 Å². The Morgan fingerprint density at radius 3 is 1.05 bits per heavy atom. The first-order valence-corrected chi connectivity index (χ1v) is 23.8. The van der Waals surface area contributed by atoms with E-state index in [0.29, 0.717) is 46.1 Å². The fraction of sp³-hybridized carbons (Fsp3) is 0.623. The number of hydrogen-bond donors (Lipinski definition) is 0. The van der Waals surface area contributed by atoms with Crippen LogP contribution < -0.4 is 28.4 Å². The molecule has 59 heavy (non-hydrogen) atoms. The molecule has 0 aromatic heterocycles. The molecule has 0 amide bonds. The van der Waals surface area contributed by atoms with Crippen LogP contribution in [0.4, 0.5) is 0 Å². The minimum atomic E-state index is 0.509. The molecule has 4 rings (SSSR count). The van der Waals surface area contributed by atoms with E-state index in [-0.39, 0.29) is 0 Å². The molecule has 6 heteroatoms. The van der Waals surface area contributed by atoms with Gasteiger partial charge in [-0.3, -0.25) is 0 Å². The zero-order valence-corrected chi connectivity index (χ0v) is 37.8. The number of hydrogen-bond acceptors (Lipinski definition) is 6. The van der Waals surface area contributed by atoms with Crippen LogP contribution in [0.15, 0.2) is 36.4 Å². The summed E-state index contributed by atoms with van der Waals surface area (Å²) in [4.78, 5) is 0. The highest BCUT2D eigenvalue weighted by molar-refractivity contribution is 6.28. The molecule has 0 radical (unpaired) electrons. The Balaban J connectivity index is 1.98. The Hall–Kier alpha value is -3.98. The van der Waals surface area contributed by atoms with Crippen molar-refractivity contribution in [3.8, 4) is 46.8 Å². The van der Waals surface area contributed by atoms with Crippen LogP contribution in [-0.2, 0) is 0 Å². The molecular formula is C53H78O6. The van der Waals surface area contributed by atoms with Gasteiger partial charge in [0.2, 0.25) is 0 Å². The van der Waals surface area contributed by atoms with E-state index in [1.54, 1.807) is 0 Å². The molecule has 0 N–H and O–H groups in total. The van der Waals surface area contributed by atoms with Gasteiger partial charge in [-0.1, -0.05) is 131 Å². The summed E-state index contributed by atoms with van der Waals surface area (Å²) in [6.45, 7) is 15.0. The molecule has 0 unspecified atom stereocenters. The monoisotopic (exact) mass is 811 g/mol. The predicted octanol–water partition coefficient (Wildman–Crippen LogP) is 15.7. The van der Waals surface area contributed by atoms with Gasteiger partial charge < -0.3 is 28.4 Å². The minimum absolute atomic E-state index is 0.509. The standard InChI is InChI=1S/C53H78O6/c1-7-13-19-25-30-54-42-36-46-44-39-49(56-33-27-21-15-9-3)48(55-32-26-20-14-8-2)38-43(44)45-40-50(57-34-28-22-16-10-4)51(58-35-29-23-17-11-5)41-47(45)53(46)52(37-42)59-31-24-18-12-6/h6,36-41H,7-11,13-35H2,1-5H3. The first-order chi connectivity index (χ1) is 29.1. The molecule has 0 atom stereocenters. The molecule has 0 spiro atoms. The van der Waals surface area contributed by atoms with Gasteiger partial charge >= 0.3 is 0 Å². The van der Waals surface area contributed by atoms with Crippen molar-refractivity contribution in [1.82, 2.24) is 0 Å².